The van der Waals surface area contributed by atoms with E-state index in [1.165, 1.54) is 0 Å². The SMILES string of the molecule is Cc1cc(Oc2ccccc2)cc(Oc2ccccc2)c1C. The molecule has 3 aromatic rings. The summed E-state index contributed by atoms with van der Waals surface area (Å²) in [6.45, 7) is 4.12. The van der Waals surface area contributed by atoms with E-state index in [0.717, 1.165) is 34.1 Å². The smallest absolute Gasteiger partial charge is 0.134 e. The highest BCUT2D eigenvalue weighted by Gasteiger charge is 2.08. The molecular formula is C20H18O2. The summed E-state index contributed by atoms with van der Waals surface area (Å²) in [4.78, 5) is 0. The van der Waals surface area contributed by atoms with Crippen molar-refractivity contribution in [3.63, 3.8) is 0 Å². The summed E-state index contributed by atoms with van der Waals surface area (Å²) in [6, 6.07) is 23.5. The maximum absolute atomic E-state index is 5.99. The van der Waals surface area contributed by atoms with Crippen LogP contribution in [0.4, 0.5) is 0 Å². The molecule has 0 saturated carbocycles. The van der Waals surface area contributed by atoms with Crippen LogP contribution >= 0.6 is 0 Å². The van der Waals surface area contributed by atoms with Crippen LogP contribution in [0, 0.1) is 13.8 Å². The highest BCUT2D eigenvalue weighted by atomic mass is 16.5. The minimum Gasteiger partial charge on any atom is -0.457 e. The monoisotopic (exact) mass is 290 g/mol. The predicted octanol–water partition coefficient (Wildman–Crippen LogP) is 5.89. The number of rotatable bonds is 4. The Morgan fingerprint density at radius 1 is 0.591 bits per heavy atom. The van der Waals surface area contributed by atoms with Gasteiger partial charge < -0.3 is 9.47 Å². The molecule has 0 fully saturated rings. The van der Waals surface area contributed by atoms with Crippen molar-refractivity contribution in [3.8, 4) is 23.0 Å². The third kappa shape index (κ3) is 3.29. The van der Waals surface area contributed by atoms with Crippen molar-refractivity contribution in [2.45, 2.75) is 13.8 Å². The normalized spacial score (nSPS) is 10.3. The first-order chi connectivity index (χ1) is 10.7. The van der Waals surface area contributed by atoms with Gasteiger partial charge in [-0.2, -0.15) is 0 Å². The van der Waals surface area contributed by atoms with E-state index in [9.17, 15) is 0 Å². The van der Waals surface area contributed by atoms with E-state index in [-0.39, 0.29) is 0 Å². The fraction of sp³-hybridized carbons (Fsp3) is 0.100. The van der Waals surface area contributed by atoms with Crippen LogP contribution in [0.5, 0.6) is 23.0 Å². The van der Waals surface area contributed by atoms with Gasteiger partial charge in [-0.05, 0) is 55.3 Å². The Bertz CT molecular complexity index is 749. The Morgan fingerprint density at radius 3 is 1.73 bits per heavy atom. The summed E-state index contributed by atoms with van der Waals surface area (Å²) < 4.78 is 11.9. The highest BCUT2D eigenvalue weighted by molar-refractivity contribution is 5.48. The van der Waals surface area contributed by atoms with Gasteiger partial charge in [-0.25, -0.2) is 0 Å². The lowest BCUT2D eigenvalue weighted by molar-refractivity contribution is 0.457. The average molecular weight is 290 g/mol. The van der Waals surface area contributed by atoms with Crippen LogP contribution in [0.1, 0.15) is 11.1 Å². The van der Waals surface area contributed by atoms with E-state index in [0.29, 0.717) is 0 Å². The molecule has 0 aliphatic heterocycles. The first-order valence-corrected chi connectivity index (χ1v) is 7.29. The average Bonchev–Trinajstić information content (AvgIpc) is 2.54. The zero-order valence-electron chi connectivity index (χ0n) is 12.7. The Balaban J connectivity index is 1.90. The summed E-state index contributed by atoms with van der Waals surface area (Å²) in [5, 5.41) is 0. The van der Waals surface area contributed by atoms with E-state index >= 15 is 0 Å². The van der Waals surface area contributed by atoms with Crippen LogP contribution < -0.4 is 9.47 Å². The van der Waals surface area contributed by atoms with Crippen LogP contribution in [0.2, 0.25) is 0 Å². The second-order valence-corrected chi connectivity index (χ2v) is 5.19. The molecule has 0 bridgehead atoms. The van der Waals surface area contributed by atoms with Crippen LogP contribution in [0.3, 0.4) is 0 Å². The number of benzene rings is 3. The van der Waals surface area contributed by atoms with Crippen LogP contribution in [-0.4, -0.2) is 0 Å². The van der Waals surface area contributed by atoms with Crippen LogP contribution in [0.25, 0.3) is 0 Å². The Hall–Kier alpha value is -2.74. The minimum atomic E-state index is 0.778. The number of hydrogen-bond donors (Lipinski definition) is 0. The zero-order chi connectivity index (χ0) is 15.4. The first kappa shape index (κ1) is 14.2. The van der Waals surface area contributed by atoms with Crippen molar-refractivity contribution >= 4 is 0 Å². The van der Waals surface area contributed by atoms with Crippen molar-refractivity contribution in [3.05, 3.63) is 83.9 Å². The van der Waals surface area contributed by atoms with Gasteiger partial charge in [0.25, 0.3) is 0 Å². The van der Waals surface area contributed by atoms with E-state index < -0.39 is 0 Å². The quantitative estimate of drug-likeness (QED) is 0.596. The van der Waals surface area contributed by atoms with E-state index in [1.54, 1.807) is 0 Å². The lowest BCUT2D eigenvalue weighted by atomic mass is 10.1. The molecule has 0 saturated heterocycles. The minimum absolute atomic E-state index is 0.778. The topological polar surface area (TPSA) is 18.5 Å². The lowest BCUT2D eigenvalue weighted by Gasteiger charge is -2.14. The van der Waals surface area contributed by atoms with Gasteiger partial charge in [-0.3, -0.25) is 0 Å². The van der Waals surface area contributed by atoms with Gasteiger partial charge in [-0.15, -0.1) is 0 Å². The summed E-state index contributed by atoms with van der Waals surface area (Å²) in [7, 11) is 0. The second-order valence-electron chi connectivity index (χ2n) is 5.19. The fourth-order valence-electron chi connectivity index (χ4n) is 2.20. The number of para-hydroxylation sites is 2. The van der Waals surface area contributed by atoms with Crippen molar-refractivity contribution in [2.24, 2.45) is 0 Å². The summed E-state index contributed by atoms with van der Waals surface area (Å²) in [6.07, 6.45) is 0. The molecule has 0 spiro atoms. The highest BCUT2D eigenvalue weighted by Crippen LogP contribution is 2.33. The maximum atomic E-state index is 5.99. The van der Waals surface area contributed by atoms with Gasteiger partial charge in [0.2, 0.25) is 0 Å². The van der Waals surface area contributed by atoms with Gasteiger partial charge in [0.1, 0.15) is 23.0 Å². The Labute approximate surface area is 131 Å². The van der Waals surface area contributed by atoms with E-state index in [1.807, 2.05) is 72.8 Å². The van der Waals surface area contributed by atoms with E-state index in [2.05, 4.69) is 13.8 Å². The zero-order valence-corrected chi connectivity index (χ0v) is 12.7. The predicted molar refractivity (Wildman–Crippen MR) is 88.9 cm³/mol. The van der Waals surface area contributed by atoms with Gasteiger partial charge in [0.15, 0.2) is 0 Å². The molecule has 0 amide bonds. The third-order valence-electron chi connectivity index (χ3n) is 3.54. The number of hydrogen-bond acceptors (Lipinski definition) is 2. The van der Waals surface area contributed by atoms with Gasteiger partial charge >= 0.3 is 0 Å². The molecule has 0 N–H and O–H groups in total. The molecule has 110 valence electrons. The van der Waals surface area contributed by atoms with Crippen LogP contribution in [0.15, 0.2) is 72.8 Å². The molecule has 0 aromatic heterocycles. The fourth-order valence-corrected chi connectivity index (χ4v) is 2.20. The molecule has 0 heterocycles. The van der Waals surface area contributed by atoms with E-state index in [4.69, 9.17) is 9.47 Å². The number of ether oxygens (including phenoxy) is 2. The van der Waals surface area contributed by atoms with Crippen molar-refractivity contribution < 1.29 is 9.47 Å². The standard InChI is InChI=1S/C20H18O2/c1-15-13-19(21-17-9-5-3-6-10-17)14-20(16(15)2)22-18-11-7-4-8-12-18/h3-14H,1-2H3. The first-order valence-electron chi connectivity index (χ1n) is 7.29. The second kappa shape index (κ2) is 6.35. The molecule has 0 aliphatic carbocycles. The summed E-state index contributed by atoms with van der Waals surface area (Å²) in [5.41, 5.74) is 2.25. The van der Waals surface area contributed by atoms with Crippen molar-refractivity contribution in [2.75, 3.05) is 0 Å². The molecule has 0 atom stereocenters. The molecule has 2 nitrogen and oxygen atoms in total. The molecule has 22 heavy (non-hydrogen) atoms. The molecule has 3 aromatic carbocycles. The third-order valence-corrected chi connectivity index (χ3v) is 3.54. The molecule has 2 heteroatoms. The van der Waals surface area contributed by atoms with Crippen molar-refractivity contribution in [1.29, 1.82) is 0 Å². The van der Waals surface area contributed by atoms with Crippen molar-refractivity contribution in [1.82, 2.24) is 0 Å². The molecule has 0 unspecified atom stereocenters. The maximum Gasteiger partial charge on any atom is 0.134 e. The molecular weight excluding hydrogens is 272 g/mol. The Kier molecular flexibility index (Phi) is 4.10. The Morgan fingerprint density at radius 2 is 1.14 bits per heavy atom. The van der Waals surface area contributed by atoms with Gasteiger partial charge in [0, 0.05) is 6.07 Å². The van der Waals surface area contributed by atoms with Gasteiger partial charge in [0.05, 0.1) is 0 Å². The lowest BCUT2D eigenvalue weighted by Crippen LogP contribution is -1.93. The number of aryl methyl sites for hydroxylation is 1. The summed E-state index contributed by atoms with van der Waals surface area (Å²) in [5.74, 6) is 3.23. The molecule has 3 rings (SSSR count). The van der Waals surface area contributed by atoms with Gasteiger partial charge in [-0.1, -0.05) is 36.4 Å². The molecule has 0 radical (unpaired) electrons. The largest absolute Gasteiger partial charge is 0.457 e. The molecule has 0 aliphatic rings. The summed E-state index contributed by atoms with van der Waals surface area (Å²) >= 11 is 0. The van der Waals surface area contributed by atoms with Crippen LogP contribution in [-0.2, 0) is 0 Å².